The summed E-state index contributed by atoms with van der Waals surface area (Å²) in [6, 6.07) is 9.18. The molecule has 13 heavy (non-hydrogen) atoms. The van der Waals surface area contributed by atoms with Crippen LogP contribution in [0.2, 0.25) is 5.02 Å². The van der Waals surface area contributed by atoms with Crippen molar-refractivity contribution in [3.05, 3.63) is 34.9 Å². The Labute approximate surface area is 84.1 Å². The Balaban J connectivity index is 2.21. The van der Waals surface area contributed by atoms with Crippen molar-refractivity contribution < 1.29 is 0 Å². The third kappa shape index (κ3) is 1.87. The molecule has 1 saturated heterocycles. The Kier molecular flexibility index (Phi) is 2.56. The predicted molar refractivity (Wildman–Crippen MR) is 56.0 cm³/mol. The minimum atomic E-state index is 0.462. The average molecular weight is 196 g/mol. The molecular formula is C11H14ClN. The number of nitrogens with one attached hydrogen (secondary N) is 1. The molecule has 2 heteroatoms. The highest BCUT2D eigenvalue weighted by atomic mass is 35.5. The van der Waals surface area contributed by atoms with Crippen LogP contribution >= 0.6 is 11.6 Å². The molecule has 0 bridgehead atoms. The second kappa shape index (κ2) is 3.69. The van der Waals surface area contributed by atoms with Crippen molar-refractivity contribution in [1.82, 2.24) is 5.32 Å². The third-order valence-electron chi connectivity index (χ3n) is 2.65. The van der Waals surface area contributed by atoms with E-state index in [-0.39, 0.29) is 0 Å². The van der Waals surface area contributed by atoms with Gasteiger partial charge in [-0.15, -0.1) is 0 Å². The Morgan fingerprint density at radius 3 is 2.69 bits per heavy atom. The van der Waals surface area contributed by atoms with Gasteiger partial charge >= 0.3 is 0 Å². The molecule has 0 aliphatic carbocycles. The van der Waals surface area contributed by atoms with Gasteiger partial charge in [-0.2, -0.15) is 0 Å². The lowest BCUT2D eigenvalue weighted by atomic mass is 10.1. The first-order valence-corrected chi connectivity index (χ1v) is 5.15. The van der Waals surface area contributed by atoms with Crippen LogP contribution in [-0.4, -0.2) is 6.04 Å². The van der Waals surface area contributed by atoms with Crippen LogP contribution in [-0.2, 0) is 0 Å². The SMILES string of the molecule is CC1CCC(c2ccccc2Cl)N1. The van der Waals surface area contributed by atoms with Crippen LogP contribution in [0.15, 0.2) is 24.3 Å². The summed E-state index contributed by atoms with van der Waals surface area (Å²) in [7, 11) is 0. The molecule has 0 amide bonds. The molecule has 1 aromatic rings. The highest BCUT2D eigenvalue weighted by molar-refractivity contribution is 6.31. The summed E-state index contributed by atoms with van der Waals surface area (Å²) in [5.74, 6) is 0. The number of hydrogen-bond donors (Lipinski definition) is 1. The third-order valence-corrected chi connectivity index (χ3v) is 3.00. The second-order valence-corrected chi connectivity index (χ2v) is 4.13. The molecule has 2 atom stereocenters. The maximum Gasteiger partial charge on any atom is 0.0453 e. The van der Waals surface area contributed by atoms with Gasteiger partial charge in [-0.05, 0) is 31.4 Å². The van der Waals surface area contributed by atoms with E-state index in [9.17, 15) is 0 Å². The fraction of sp³-hybridized carbons (Fsp3) is 0.455. The standard InChI is InChI=1S/C11H14ClN/c1-8-6-7-11(13-8)9-4-2-3-5-10(9)12/h2-5,8,11,13H,6-7H2,1H3. The smallest absolute Gasteiger partial charge is 0.0453 e. The summed E-state index contributed by atoms with van der Waals surface area (Å²) in [4.78, 5) is 0. The molecule has 1 nitrogen and oxygen atoms in total. The van der Waals surface area contributed by atoms with Gasteiger partial charge < -0.3 is 5.32 Å². The van der Waals surface area contributed by atoms with E-state index in [0.29, 0.717) is 12.1 Å². The molecule has 2 rings (SSSR count). The summed E-state index contributed by atoms with van der Waals surface area (Å²) in [5, 5.41) is 4.41. The van der Waals surface area contributed by atoms with Gasteiger partial charge in [-0.1, -0.05) is 29.8 Å². The molecule has 1 heterocycles. The van der Waals surface area contributed by atoms with Crippen molar-refractivity contribution in [2.75, 3.05) is 0 Å². The Bertz CT molecular complexity index is 298. The fourth-order valence-electron chi connectivity index (χ4n) is 1.93. The second-order valence-electron chi connectivity index (χ2n) is 3.72. The van der Waals surface area contributed by atoms with E-state index >= 15 is 0 Å². The Morgan fingerprint density at radius 1 is 1.31 bits per heavy atom. The lowest BCUT2D eigenvalue weighted by molar-refractivity contribution is 0.585. The van der Waals surface area contributed by atoms with Crippen molar-refractivity contribution in [3.8, 4) is 0 Å². The van der Waals surface area contributed by atoms with E-state index in [4.69, 9.17) is 11.6 Å². The number of halogens is 1. The van der Waals surface area contributed by atoms with E-state index < -0.39 is 0 Å². The minimum Gasteiger partial charge on any atom is -0.307 e. The van der Waals surface area contributed by atoms with Crippen molar-refractivity contribution in [2.45, 2.75) is 31.8 Å². The van der Waals surface area contributed by atoms with Crippen LogP contribution < -0.4 is 5.32 Å². The zero-order valence-electron chi connectivity index (χ0n) is 7.76. The van der Waals surface area contributed by atoms with E-state index in [1.54, 1.807) is 0 Å². The first-order chi connectivity index (χ1) is 6.27. The minimum absolute atomic E-state index is 0.462. The van der Waals surface area contributed by atoms with Crippen LogP contribution in [0.3, 0.4) is 0 Å². The maximum absolute atomic E-state index is 6.11. The van der Waals surface area contributed by atoms with Gasteiger partial charge in [0.2, 0.25) is 0 Å². The molecule has 0 saturated carbocycles. The first kappa shape index (κ1) is 9.04. The molecule has 1 aliphatic heterocycles. The lowest BCUT2D eigenvalue weighted by Crippen LogP contribution is -2.20. The monoisotopic (exact) mass is 195 g/mol. The fourth-order valence-corrected chi connectivity index (χ4v) is 2.20. The van der Waals surface area contributed by atoms with Crippen LogP contribution in [0.25, 0.3) is 0 Å². The van der Waals surface area contributed by atoms with Gasteiger partial charge in [-0.25, -0.2) is 0 Å². The first-order valence-electron chi connectivity index (χ1n) is 4.78. The van der Waals surface area contributed by atoms with Gasteiger partial charge in [-0.3, -0.25) is 0 Å². The lowest BCUT2D eigenvalue weighted by Gasteiger charge is -2.13. The molecule has 0 radical (unpaired) electrons. The highest BCUT2D eigenvalue weighted by Crippen LogP contribution is 2.30. The summed E-state index contributed by atoms with van der Waals surface area (Å²) in [6.45, 7) is 2.22. The van der Waals surface area contributed by atoms with Gasteiger partial charge in [0.05, 0.1) is 0 Å². The number of hydrogen-bond acceptors (Lipinski definition) is 1. The molecule has 70 valence electrons. The average Bonchev–Trinajstić information content (AvgIpc) is 2.53. The predicted octanol–water partition coefficient (Wildman–Crippen LogP) is 3.15. The van der Waals surface area contributed by atoms with Crippen LogP contribution in [0, 0.1) is 0 Å². The molecular weight excluding hydrogens is 182 g/mol. The number of benzene rings is 1. The van der Waals surface area contributed by atoms with E-state index in [0.717, 1.165) is 5.02 Å². The van der Waals surface area contributed by atoms with Crippen LogP contribution in [0.5, 0.6) is 0 Å². The van der Waals surface area contributed by atoms with Crippen molar-refractivity contribution in [1.29, 1.82) is 0 Å². The Morgan fingerprint density at radius 2 is 2.08 bits per heavy atom. The molecule has 1 fully saturated rings. The molecule has 1 N–H and O–H groups in total. The van der Waals surface area contributed by atoms with E-state index in [2.05, 4.69) is 18.3 Å². The molecule has 1 aliphatic rings. The topological polar surface area (TPSA) is 12.0 Å². The zero-order chi connectivity index (χ0) is 9.26. The summed E-state index contributed by atoms with van der Waals surface area (Å²) >= 11 is 6.11. The Hall–Kier alpha value is -0.530. The van der Waals surface area contributed by atoms with Gasteiger partial charge in [0.25, 0.3) is 0 Å². The molecule has 0 aromatic heterocycles. The normalized spacial score (nSPS) is 27.8. The molecule has 2 unspecified atom stereocenters. The summed E-state index contributed by atoms with van der Waals surface area (Å²) < 4.78 is 0. The zero-order valence-corrected chi connectivity index (χ0v) is 8.51. The van der Waals surface area contributed by atoms with Gasteiger partial charge in [0.1, 0.15) is 0 Å². The molecule has 0 spiro atoms. The van der Waals surface area contributed by atoms with Gasteiger partial charge in [0.15, 0.2) is 0 Å². The van der Waals surface area contributed by atoms with Crippen molar-refractivity contribution >= 4 is 11.6 Å². The van der Waals surface area contributed by atoms with Gasteiger partial charge in [0, 0.05) is 17.1 Å². The van der Waals surface area contributed by atoms with Crippen molar-refractivity contribution in [3.63, 3.8) is 0 Å². The largest absolute Gasteiger partial charge is 0.307 e. The highest BCUT2D eigenvalue weighted by Gasteiger charge is 2.22. The summed E-state index contributed by atoms with van der Waals surface area (Å²) in [5.41, 5.74) is 1.24. The van der Waals surface area contributed by atoms with Crippen LogP contribution in [0.4, 0.5) is 0 Å². The number of rotatable bonds is 1. The van der Waals surface area contributed by atoms with Crippen molar-refractivity contribution in [2.24, 2.45) is 0 Å². The van der Waals surface area contributed by atoms with E-state index in [1.807, 2.05) is 18.2 Å². The molecule has 1 aromatic carbocycles. The quantitative estimate of drug-likeness (QED) is 0.726. The van der Waals surface area contributed by atoms with Crippen LogP contribution in [0.1, 0.15) is 31.4 Å². The maximum atomic E-state index is 6.11. The van der Waals surface area contributed by atoms with E-state index in [1.165, 1.54) is 18.4 Å². The summed E-state index contributed by atoms with van der Waals surface area (Å²) in [6.07, 6.45) is 2.45.